The highest BCUT2D eigenvalue weighted by Gasteiger charge is 2.49. The van der Waals surface area contributed by atoms with Gasteiger partial charge in [0.05, 0.1) is 18.0 Å². The third-order valence-electron chi connectivity index (χ3n) is 6.37. The lowest BCUT2D eigenvalue weighted by Gasteiger charge is -2.33. The topological polar surface area (TPSA) is 108 Å². The van der Waals surface area contributed by atoms with Crippen molar-refractivity contribution in [2.75, 3.05) is 5.88 Å². The van der Waals surface area contributed by atoms with Crippen LogP contribution in [0.3, 0.4) is 0 Å². The molecule has 200 valence electrons. The van der Waals surface area contributed by atoms with E-state index in [0.29, 0.717) is 6.54 Å². The summed E-state index contributed by atoms with van der Waals surface area (Å²) in [6.45, 7) is 9.58. The molecule has 1 fully saturated rings. The van der Waals surface area contributed by atoms with Crippen LogP contribution in [0.2, 0.25) is 0 Å². The molecule has 0 bridgehead atoms. The van der Waals surface area contributed by atoms with Gasteiger partial charge in [-0.1, -0.05) is 54.6 Å². The Kier molecular flexibility index (Phi) is 9.62. The summed E-state index contributed by atoms with van der Waals surface area (Å²) < 4.78 is 4.63. The number of aliphatic hydroxyl groups is 1. The van der Waals surface area contributed by atoms with E-state index in [9.17, 15) is 19.5 Å². The molecule has 9 heteroatoms. The monoisotopic (exact) mass is 527 g/mol. The predicted molar refractivity (Wildman–Crippen MR) is 145 cm³/mol. The first kappa shape index (κ1) is 28.5. The number of rotatable bonds is 9. The number of hydrogen-bond donors (Lipinski definition) is 3. The summed E-state index contributed by atoms with van der Waals surface area (Å²) >= 11 is 1.47. The van der Waals surface area contributed by atoms with Gasteiger partial charge in [-0.05, 0) is 57.7 Å². The van der Waals surface area contributed by atoms with Crippen LogP contribution in [0, 0.1) is 6.92 Å². The number of carbonyl (C=O) groups is 3. The van der Waals surface area contributed by atoms with Gasteiger partial charge in [0.1, 0.15) is 6.04 Å². The zero-order valence-electron chi connectivity index (χ0n) is 22.1. The van der Waals surface area contributed by atoms with Gasteiger partial charge in [-0.25, -0.2) is 4.79 Å². The number of carbonyl (C=O) groups excluding carboxylic acids is 3. The summed E-state index contributed by atoms with van der Waals surface area (Å²) in [6.07, 6.45) is -2.43. The van der Waals surface area contributed by atoms with Crippen molar-refractivity contribution in [1.29, 1.82) is 0 Å². The second-order valence-corrected chi connectivity index (χ2v) is 11.7. The molecule has 0 radical (unpaired) electrons. The van der Waals surface area contributed by atoms with E-state index in [1.165, 1.54) is 16.7 Å². The number of aryl methyl sites for hydroxylation is 1. The molecule has 0 saturated carbocycles. The Bertz CT molecular complexity index is 1090. The molecule has 3 amide bonds. The number of benzene rings is 2. The number of alkyl carbamates (subject to hydrolysis) is 1. The molecule has 0 aliphatic carbocycles. The molecule has 2 aromatic rings. The van der Waals surface area contributed by atoms with Crippen LogP contribution in [0.5, 0.6) is 0 Å². The van der Waals surface area contributed by atoms with Crippen LogP contribution in [-0.2, 0) is 27.3 Å². The van der Waals surface area contributed by atoms with E-state index in [1.54, 1.807) is 13.8 Å². The smallest absolute Gasteiger partial charge is 0.407 e. The Labute approximate surface area is 223 Å². The van der Waals surface area contributed by atoms with Crippen molar-refractivity contribution in [2.45, 2.75) is 76.6 Å². The van der Waals surface area contributed by atoms with Gasteiger partial charge in [0.25, 0.3) is 5.91 Å². The molecule has 8 nitrogen and oxygen atoms in total. The van der Waals surface area contributed by atoms with Crippen LogP contribution in [0.15, 0.2) is 54.6 Å². The van der Waals surface area contributed by atoms with Gasteiger partial charge in [0.15, 0.2) is 6.10 Å². The largest absolute Gasteiger partial charge is 0.447 e. The highest BCUT2D eigenvalue weighted by Crippen LogP contribution is 2.40. The van der Waals surface area contributed by atoms with Crippen LogP contribution >= 0.6 is 11.8 Å². The van der Waals surface area contributed by atoms with Gasteiger partial charge < -0.3 is 25.4 Å². The molecular weight excluding hydrogens is 490 g/mol. The SMILES string of the molecule is Cc1ccccc1CNC(=O)C1N(C(=O)[C@@H](O)C(Cc2ccccc2)NC(=O)OC(C)C)CSC1(C)C. The van der Waals surface area contributed by atoms with Crippen molar-refractivity contribution in [3.63, 3.8) is 0 Å². The van der Waals surface area contributed by atoms with Crippen LogP contribution in [0.1, 0.15) is 44.4 Å². The van der Waals surface area contributed by atoms with Crippen molar-refractivity contribution >= 4 is 29.7 Å². The average Bonchev–Trinajstić information content (AvgIpc) is 3.17. The Hall–Kier alpha value is -3.04. The molecule has 3 rings (SSSR count). The lowest BCUT2D eigenvalue weighted by atomic mass is 9.97. The number of nitrogens with zero attached hydrogens (tertiary/aromatic N) is 1. The van der Waals surface area contributed by atoms with E-state index in [0.717, 1.165) is 16.7 Å². The van der Waals surface area contributed by atoms with Crippen molar-refractivity contribution in [1.82, 2.24) is 15.5 Å². The van der Waals surface area contributed by atoms with E-state index < -0.39 is 34.9 Å². The van der Waals surface area contributed by atoms with Crippen LogP contribution in [-0.4, -0.2) is 62.8 Å². The first-order chi connectivity index (χ1) is 17.5. The molecule has 2 unspecified atom stereocenters. The quantitative estimate of drug-likeness (QED) is 0.461. The first-order valence-electron chi connectivity index (χ1n) is 12.5. The summed E-state index contributed by atoms with van der Waals surface area (Å²) in [5, 5.41) is 16.8. The van der Waals surface area contributed by atoms with Gasteiger partial charge in [0.2, 0.25) is 5.91 Å². The molecule has 2 aromatic carbocycles. The standard InChI is InChI=1S/C28H37N3O5S/c1-18(2)36-27(35)30-22(15-20-12-7-6-8-13-20)23(32)26(34)31-17-37-28(4,5)24(31)25(33)29-16-21-14-10-9-11-19(21)3/h6-14,18,22-24,32H,15-17H2,1-5H3,(H,29,33)(H,30,35)/t22?,23-,24?/m0/s1. The average molecular weight is 528 g/mol. The normalized spacial score (nSPS) is 18.2. The molecule has 3 N–H and O–H groups in total. The Morgan fingerprint density at radius 1 is 1.11 bits per heavy atom. The molecule has 37 heavy (non-hydrogen) atoms. The highest BCUT2D eigenvalue weighted by atomic mass is 32.2. The molecule has 1 aliphatic rings. The van der Waals surface area contributed by atoms with Crippen molar-refractivity contribution in [3.05, 3.63) is 71.3 Å². The second-order valence-electron chi connectivity index (χ2n) is 10.1. The fraction of sp³-hybridized carbons (Fsp3) is 0.464. The minimum absolute atomic E-state index is 0.218. The van der Waals surface area contributed by atoms with E-state index in [4.69, 9.17) is 4.74 Å². The van der Waals surface area contributed by atoms with Gasteiger partial charge >= 0.3 is 6.09 Å². The minimum atomic E-state index is -1.57. The maximum absolute atomic E-state index is 13.6. The van der Waals surface area contributed by atoms with Gasteiger partial charge in [0, 0.05) is 11.3 Å². The Balaban J connectivity index is 1.78. The van der Waals surface area contributed by atoms with Gasteiger partial charge in [-0.3, -0.25) is 9.59 Å². The van der Waals surface area contributed by atoms with E-state index in [-0.39, 0.29) is 24.3 Å². The second kappa shape index (κ2) is 12.5. The molecule has 0 aromatic heterocycles. The van der Waals surface area contributed by atoms with Crippen molar-refractivity contribution in [2.24, 2.45) is 0 Å². The molecule has 1 heterocycles. The molecular formula is C28H37N3O5S. The summed E-state index contributed by atoms with van der Waals surface area (Å²) in [7, 11) is 0. The lowest BCUT2D eigenvalue weighted by molar-refractivity contribution is -0.147. The van der Waals surface area contributed by atoms with E-state index in [1.807, 2.05) is 75.4 Å². The van der Waals surface area contributed by atoms with Gasteiger partial charge in [-0.15, -0.1) is 11.8 Å². The lowest BCUT2D eigenvalue weighted by Crippen LogP contribution is -2.58. The van der Waals surface area contributed by atoms with Crippen LogP contribution < -0.4 is 10.6 Å². The first-order valence-corrected chi connectivity index (χ1v) is 13.4. The van der Waals surface area contributed by atoms with Crippen LogP contribution in [0.25, 0.3) is 0 Å². The number of aliphatic hydroxyl groups excluding tert-OH is 1. The maximum Gasteiger partial charge on any atom is 0.407 e. The summed E-state index contributed by atoms with van der Waals surface area (Å²) in [4.78, 5) is 40.8. The number of amides is 3. The number of thioether (sulfide) groups is 1. The number of hydrogen-bond acceptors (Lipinski definition) is 6. The fourth-order valence-electron chi connectivity index (χ4n) is 4.35. The number of nitrogens with one attached hydrogen (secondary N) is 2. The predicted octanol–water partition coefficient (Wildman–Crippen LogP) is 3.40. The van der Waals surface area contributed by atoms with Crippen molar-refractivity contribution in [3.8, 4) is 0 Å². The zero-order valence-corrected chi connectivity index (χ0v) is 22.9. The third kappa shape index (κ3) is 7.49. The number of ether oxygens (including phenoxy) is 1. The minimum Gasteiger partial charge on any atom is -0.447 e. The van der Waals surface area contributed by atoms with Crippen molar-refractivity contribution < 1.29 is 24.2 Å². The van der Waals surface area contributed by atoms with Gasteiger partial charge in [-0.2, -0.15) is 0 Å². The fourth-order valence-corrected chi connectivity index (χ4v) is 5.49. The maximum atomic E-state index is 13.6. The van der Waals surface area contributed by atoms with Crippen LogP contribution in [0.4, 0.5) is 4.79 Å². The summed E-state index contributed by atoms with van der Waals surface area (Å²) in [6, 6.07) is 15.3. The van der Waals surface area contributed by atoms with E-state index >= 15 is 0 Å². The molecule has 1 aliphatic heterocycles. The summed E-state index contributed by atoms with van der Waals surface area (Å²) in [5.41, 5.74) is 2.90. The summed E-state index contributed by atoms with van der Waals surface area (Å²) in [5.74, 6) is -0.648. The molecule has 1 saturated heterocycles. The highest BCUT2D eigenvalue weighted by molar-refractivity contribution is 8.00. The zero-order chi connectivity index (χ0) is 27.2. The Morgan fingerprint density at radius 2 is 1.76 bits per heavy atom. The Morgan fingerprint density at radius 3 is 2.41 bits per heavy atom. The molecule has 3 atom stereocenters. The third-order valence-corrected chi connectivity index (χ3v) is 7.74. The van der Waals surface area contributed by atoms with E-state index in [2.05, 4.69) is 10.6 Å². The molecule has 0 spiro atoms.